The number of aromatic hydroxyl groups is 1. The molecule has 0 saturated carbocycles. The highest BCUT2D eigenvalue weighted by Crippen LogP contribution is 2.19. The summed E-state index contributed by atoms with van der Waals surface area (Å²) in [4.78, 5) is 22.1. The van der Waals surface area contributed by atoms with Crippen LogP contribution in [0.25, 0.3) is 0 Å². The van der Waals surface area contributed by atoms with Crippen LogP contribution in [0.5, 0.6) is 5.75 Å². The molecule has 22 heavy (non-hydrogen) atoms. The molecule has 0 aromatic heterocycles. The molecule has 0 unspecified atom stereocenters. The minimum atomic E-state index is -4.65. The van der Waals surface area contributed by atoms with E-state index >= 15 is 0 Å². The van der Waals surface area contributed by atoms with Gasteiger partial charge in [-0.05, 0) is 24.1 Å². The number of phenols is 1. The zero-order valence-electron chi connectivity index (χ0n) is 11.0. The second kappa shape index (κ2) is 7.85. The van der Waals surface area contributed by atoms with Crippen LogP contribution >= 0.6 is 12.4 Å². The Morgan fingerprint density at radius 3 is 2.41 bits per heavy atom. The Bertz CT molecular complexity index is 550. The molecule has 0 aliphatic rings. The Morgan fingerprint density at radius 2 is 1.91 bits per heavy atom. The third kappa shape index (κ3) is 6.19. The van der Waals surface area contributed by atoms with Crippen LogP contribution in [0.2, 0.25) is 0 Å². The van der Waals surface area contributed by atoms with E-state index in [1.54, 1.807) is 0 Å². The fraction of sp³-hybridized carbons (Fsp3) is 0.333. The van der Waals surface area contributed by atoms with E-state index in [1.807, 2.05) is 0 Å². The lowest BCUT2D eigenvalue weighted by Crippen LogP contribution is -2.36. The topological polar surface area (TPSA) is 110 Å². The zero-order chi connectivity index (χ0) is 16.2. The van der Waals surface area contributed by atoms with Gasteiger partial charge in [0.2, 0.25) is 0 Å². The van der Waals surface area contributed by atoms with Crippen molar-refractivity contribution >= 4 is 24.3 Å². The van der Waals surface area contributed by atoms with E-state index in [2.05, 4.69) is 4.74 Å². The third-order valence-corrected chi connectivity index (χ3v) is 2.43. The van der Waals surface area contributed by atoms with Gasteiger partial charge in [0, 0.05) is 0 Å². The first-order valence-electron chi connectivity index (χ1n) is 5.64. The summed E-state index contributed by atoms with van der Waals surface area (Å²) >= 11 is 0. The van der Waals surface area contributed by atoms with Crippen LogP contribution in [0.1, 0.15) is 15.9 Å². The van der Waals surface area contributed by atoms with Gasteiger partial charge in [-0.2, -0.15) is 13.2 Å². The fourth-order valence-corrected chi connectivity index (χ4v) is 1.48. The lowest BCUT2D eigenvalue weighted by atomic mass is 10.0. The minimum Gasteiger partial charge on any atom is -0.507 e. The number of alkyl halides is 3. The van der Waals surface area contributed by atoms with Crippen molar-refractivity contribution in [3.8, 4) is 5.75 Å². The van der Waals surface area contributed by atoms with Crippen molar-refractivity contribution in [2.45, 2.75) is 18.6 Å². The first-order chi connectivity index (χ1) is 9.60. The lowest BCUT2D eigenvalue weighted by molar-refractivity contribution is -0.187. The molecule has 0 fully saturated rings. The predicted molar refractivity (Wildman–Crippen MR) is 71.0 cm³/mol. The summed E-state index contributed by atoms with van der Waals surface area (Å²) < 4.78 is 39.6. The van der Waals surface area contributed by atoms with Crippen molar-refractivity contribution in [2.75, 3.05) is 6.61 Å². The molecule has 1 aromatic rings. The number of halogens is 4. The number of carboxylic acid groups (broad SMARTS) is 1. The van der Waals surface area contributed by atoms with Gasteiger partial charge in [0.1, 0.15) is 17.4 Å². The molecule has 0 aliphatic heterocycles. The van der Waals surface area contributed by atoms with Gasteiger partial charge in [-0.25, -0.2) is 4.79 Å². The summed E-state index contributed by atoms with van der Waals surface area (Å²) in [7, 11) is 0. The average Bonchev–Trinajstić information content (AvgIpc) is 2.36. The molecule has 1 rings (SSSR count). The Hall–Kier alpha value is -2.00. The van der Waals surface area contributed by atoms with E-state index in [0.29, 0.717) is 0 Å². The maximum absolute atomic E-state index is 11.9. The SMILES string of the molecule is Cl.N[C@@H](Cc1ccc(O)c(C(=O)O)c1)C(=O)OCC(F)(F)F. The molecule has 0 heterocycles. The van der Waals surface area contributed by atoms with Crippen LogP contribution in [-0.4, -0.2) is 41.0 Å². The van der Waals surface area contributed by atoms with Crippen LogP contribution < -0.4 is 5.73 Å². The molecule has 0 radical (unpaired) electrons. The van der Waals surface area contributed by atoms with Crippen molar-refractivity contribution in [1.82, 2.24) is 0 Å². The van der Waals surface area contributed by atoms with Crippen LogP contribution in [-0.2, 0) is 16.0 Å². The van der Waals surface area contributed by atoms with Crippen LogP contribution in [0, 0.1) is 0 Å². The Morgan fingerprint density at radius 1 is 1.32 bits per heavy atom. The number of hydrogen-bond donors (Lipinski definition) is 3. The minimum absolute atomic E-state index is 0. The molecular weight excluding hydrogens is 331 g/mol. The van der Waals surface area contributed by atoms with Crippen molar-refractivity contribution < 1.29 is 37.7 Å². The van der Waals surface area contributed by atoms with Gasteiger partial charge < -0.3 is 20.7 Å². The molecule has 0 bridgehead atoms. The Kier molecular flexibility index (Phi) is 7.14. The summed E-state index contributed by atoms with van der Waals surface area (Å²) in [6.07, 6.45) is -4.87. The van der Waals surface area contributed by atoms with Crippen molar-refractivity contribution in [3.63, 3.8) is 0 Å². The van der Waals surface area contributed by atoms with Gasteiger partial charge in [-0.1, -0.05) is 6.07 Å². The standard InChI is InChI=1S/C12H12F3NO5.ClH/c13-12(14,15)5-21-11(20)8(16)4-6-1-2-9(17)7(3-6)10(18)19;/h1-3,8,17H,4-5,16H2,(H,18,19);1H/t8-;/m0./s1. The average molecular weight is 344 g/mol. The highest BCUT2D eigenvalue weighted by molar-refractivity contribution is 5.91. The monoisotopic (exact) mass is 343 g/mol. The maximum atomic E-state index is 11.9. The number of nitrogens with two attached hydrogens (primary N) is 1. The van der Waals surface area contributed by atoms with E-state index in [-0.39, 0.29) is 24.4 Å². The molecule has 124 valence electrons. The first kappa shape index (κ1) is 20.0. The second-order valence-electron chi connectivity index (χ2n) is 4.19. The summed E-state index contributed by atoms with van der Waals surface area (Å²) in [5, 5.41) is 18.1. The fourth-order valence-electron chi connectivity index (χ4n) is 1.48. The van der Waals surface area contributed by atoms with Gasteiger partial charge >= 0.3 is 18.1 Å². The molecule has 6 nitrogen and oxygen atoms in total. The van der Waals surface area contributed by atoms with Gasteiger partial charge in [0.05, 0.1) is 0 Å². The van der Waals surface area contributed by atoms with Gasteiger partial charge in [-0.15, -0.1) is 12.4 Å². The van der Waals surface area contributed by atoms with Crippen molar-refractivity contribution in [1.29, 1.82) is 0 Å². The number of esters is 1. The Balaban J connectivity index is 0.00000441. The molecule has 0 saturated heterocycles. The van der Waals surface area contributed by atoms with Crippen molar-refractivity contribution in [3.05, 3.63) is 29.3 Å². The molecule has 0 amide bonds. The molecule has 10 heteroatoms. The van der Waals surface area contributed by atoms with Crippen molar-refractivity contribution in [2.24, 2.45) is 5.73 Å². The van der Waals surface area contributed by atoms with Crippen LogP contribution in [0.4, 0.5) is 13.2 Å². The van der Waals surface area contributed by atoms with Gasteiger partial charge in [0.15, 0.2) is 6.61 Å². The van der Waals surface area contributed by atoms with Gasteiger partial charge in [0.25, 0.3) is 0 Å². The number of carbonyl (C=O) groups is 2. The van der Waals surface area contributed by atoms with E-state index in [0.717, 1.165) is 12.1 Å². The third-order valence-electron chi connectivity index (χ3n) is 2.43. The van der Waals surface area contributed by atoms with Crippen LogP contribution in [0.15, 0.2) is 18.2 Å². The number of carbonyl (C=O) groups excluding carboxylic acids is 1. The number of carboxylic acids is 1. The predicted octanol–water partition coefficient (Wildman–Crippen LogP) is 1.49. The van der Waals surface area contributed by atoms with E-state index in [4.69, 9.17) is 10.8 Å². The number of rotatable bonds is 5. The summed E-state index contributed by atoms with van der Waals surface area (Å²) in [5.74, 6) is -3.11. The largest absolute Gasteiger partial charge is 0.507 e. The number of benzene rings is 1. The smallest absolute Gasteiger partial charge is 0.422 e. The van der Waals surface area contributed by atoms with Gasteiger partial charge in [-0.3, -0.25) is 4.79 Å². The first-order valence-corrected chi connectivity index (χ1v) is 5.64. The maximum Gasteiger partial charge on any atom is 0.422 e. The normalized spacial score (nSPS) is 12.2. The number of aromatic carboxylic acids is 1. The molecule has 0 spiro atoms. The molecule has 0 aliphatic carbocycles. The number of hydrogen-bond acceptors (Lipinski definition) is 5. The zero-order valence-corrected chi connectivity index (χ0v) is 11.8. The van der Waals surface area contributed by atoms with E-state index in [1.165, 1.54) is 6.07 Å². The lowest BCUT2D eigenvalue weighted by Gasteiger charge is -2.13. The Labute approximate surface area is 129 Å². The van der Waals surface area contributed by atoms with E-state index < -0.39 is 42.1 Å². The summed E-state index contributed by atoms with van der Waals surface area (Å²) in [5.41, 5.74) is 5.26. The second-order valence-corrected chi connectivity index (χ2v) is 4.19. The summed E-state index contributed by atoms with van der Waals surface area (Å²) in [6, 6.07) is 2.10. The van der Waals surface area contributed by atoms with Crippen LogP contribution in [0.3, 0.4) is 0 Å². The molecule has 1 atom stereocenters. The summed E-state index contributed by atoms with van der Waals surface area (Å²) in [6.45, 7) is -1.74. The highest BCUT2D eigenvalue weighted by atomic mass is 35.5. The molecule has 4 N–H and O–H groups in total. The number of ether oxygens (including phenoxy) is 1. The molecule has 1 aromatic carbocycles. The quantitative estimate of drug-likeness (QED) is 0.699. The highest BCUT2D eigenvalue weighted by Gasteiger charge is 2.30. The molecular formula is C12H13ClF3NO5. The van der Waals surface area contributed by atoms with E-state index in [9.17, 15) is 27.9 Å².